The van der Waals surface area contributed by atoms with Gasteiger partial charge in [-0.2, -0.15) is 4.98 Å². The van der Waals surface area contributed by atoms with E-state index in [2.05, 4.69) is 22.2 Å². The molecule has 1 N–H and O–H groups in total. The zero-order valence-electron chi connectivity index (χ0n) is 11.7. The van der Waals surface area contributed by atoms with Gasteiger partial charge in [-0.3, -0.25) is 0 Å². The summed E-state index contributed by atoms with van der Waals surface area (Å²) in [5.41, 5.74) is 0.977. The average molecular weight is 253 g/mol. The molecule has 0 saturated heterocycles. The summed E-state index contributed by atoms with van der Waals surface area (Å²) in [6, 6.07) is 2.15. The van der Waals surface area contributed by atoms with Gasteiger partial charge in [-0.05, 0) is 19.9 Å². The van der Waals surface area contributed by atoms with Crippen molar-refractivity contribution in [1.29, 1.82) is 0 Å². The number of rotatable bonds is 8. The first-order valence-electron chi connectivity index (χ1n) is 6.30. The molecule has 0 fully saturated rings. The van der Waals surface area contributed by atoms with E-state index in [1.165, 1.54) is 0 Å². The number of methoxy groups -OCH3 is 2. The van der Waals surface area contributed by atoms with Crippen LogP contribution in [-0.2, 0) is 11.2 Å². The van der Waals surface area contributed by atoms with E-state index in [1.54, 1.807) is 14.2 Å². The molecule has 0 aliphatic rings. The van der Waals surface area contributed by atoms with Crippen LogP contribution in [0.25, 0.3) is 0 Å². The van der Waals surface area contributed by atoms with E-state index < -0.39 is 0 Å². The molecule has 5 nitrogen and oxygen atoms in total. The van der Waals surface area contributed by atoms with Crippen molar-refractivity contribution in [1.82, 2.24) is 15.3 Å². The Balaban J connectivity index is 2.69. The van der Waals surface area contributed by atoms with Gasteiger partial charge in [0.15, 0.2) is 0 Å². The van der Waals surface area contributed by atoms with E-state index in [-0.39, 0.29) is 6.04 Å². The Morgan fingerprint density at radius 3 is 2.72 bits per heavy atom. The van der Waals surface area contributed by atoms with Crippen molar-refractivity contribution >= 4 is 0 Å². The van der Waals surface area contributed by atoms with Gasteiger partial charge in [0.1, 0.15) is 5.82 Å². The van der Waals surface area contributed by atoms with E-state index in [0.29, 0.717) is 12.5 Å². The lowest BCUT2D eigenvalue weighted by atomic mass is 10.1. The average Bonchev–Trinajstić information content (AvgIpc) is 2.35. The zero-order chi connectivity index (χ0) is 13.4. The lowest BCUT2D eigenvalue weighted by Crippen LogP contribution is -2.36. The SMILES string of the molecule is CCCNC(COC)Cc1cc(OC)nc(C)n1. The molecule has 1 unspecified atom stereocenters. The van der Waals surface area contributed by atoms with Crippen molar-refractivity contribution in [2.75, 3.05) is 27.4 Å². The minimum Gasteiger partial charge on any atom is -0.481 e. The van der Waals surface area contributed by atoms with Gasteiger partial charge < -0.3 is 14.8 Å². The van der Waals surface area contributed by atoms with Gasteiger partial charge >= 0.3 is 0 Å². The van der Waals surface area contributed by atoms with Crippen LogP contribution in [0.1, 0.15) is 24.9 Å². The Bertz CT molecular complexity index is 358. The molecular formula is C13H23N3O2. The minimum absolute atomic E-state index is 0.272. The van der Waals surface area contributed by atoms with Crippen LogP contribution >= 0.6 is 0 Å². The van der Waals surface area contributed by atoms with Gasteiger partial charge in [0, 0.05) is 31.3 Å². The first-order chi connectivity index (χ1) is 8.69. The molecule has 0 amide bonds. The Hall–Kier alpha value is -1.20. The number of aryl methyl sites for hydroxylation is 1. The summed E-state index contributed by atoms with van der Waals surface area (Å²) in [6.45, 7) is 5.67. The summed E-state index contributed by atoms with van der Waals surface area (Å²) in [5, 5.41) is 3.45. The zero-order valence-corrected chi connectivity index (χ0v) is 11.7. The number of ether oxygens (including phenoxy) is 2. The molecule has 1 atom stereocenters. The van der Waals surface area contributed by atoms with Gasteiger partial charge in [0.2, 0.25) is 5.88 Å². The van der Waals surface area contributed by atoms with Crippen molar-refractivity contribution in [3.63, 3.8) is 0 Å². The van der Waals surface area contributed by atoms with E-state index in [4.69, 9.17) is 9.47 Å². The summed E-state index contributed by atoms with van der Waals surface area (Å²) < 4.78 is 10.4. The third-order valence-electron chi connectivity index (χ3n) is 2.58. The Kier molecular flexibility index (Phi) is 6.60. The van der Waals surface area contributed by atoms with E-state index in [1.807, 2.05) is 13.0 Å². The van der Waals surface area contributed by atoms with Crippen LogP contribution in [0.5, 0.6) is 5.88 Å². The monoisotopic (exact) mass is 253 g/mol. The molecule has 0 aliphatic carbocycles. The Labute approximate surface area is 109 Å². The highest BCUT2D eigenvalue weighted by molar-refractivity contribution is 5.16. The van der Waals surface area contributed by atoms with Gasteiger partial charge in [0.25, 0.3) is 0 Å². The normalized spacial score (nSPS) is 12.4. The van der Waals surface area contributed by atoms with Crippen molar-refractivity contribution in [3.8, 4) is 5.88 Å². The van der Waals surface area contributed by atoms with Gasteiger partial charge in [-0.1, -0.05) is 6.92 Å². The van der Waals surface area contributed by atoms with E-state index >= 15 is 0 Å². The highest BCUT2D eigenvalue weighted by Crippen LogP contribution is 2.10. The topological polar surface area (TPSA) is 56.3 Å². The molecule has 102 valence electrons. The standard InChI is InChI=1S/C13H23N3O2/c1-5-6-14-12(9-17-3)7-11-8-13(18-4)16-10(2)15-11/h8,12,14H,5-7,9H2,1-4H3. The Morgan fingerprint density at radius 1 is 1.33 bits per heavy atom. The van der Waals surface area contributed by atoms with Crippen LogP contribution in [0.3, 0.4) is 0 Å². The molecule has 1 aromatic heterocycles. The van der Waals surface area contributed by atoms with Crippen molar-refractivity contribution in [2.24, 2.45) is 0 Å². The van der Waals surface area contributed by atoms with Crippen LogP contribution in [-0.4, -0.2) is 43.4 Å². The number of hydrogen-bond donors (Lipinski definition) is 1. The highest BCUT2D eigenvalue weighted by Gasteiger charge is 2.11. The predicted molar refractivity (Wildman–Crippen MR) is 71.0 cm³/mol. The molecule has 5 heteroatoms. The summed E-state index contributed by atoms with van der Waals surface area (Å²) in [6.07, 6.45) is 1.92. The molecule has 0 bridgehead atoms. The van der Waals surface area contributed by atoms with Crippen LogP contribution < -0.4 is 10.1 Å². The molecule has 0 saturated carbocycles. The van der Waals surface area contributed by atoms with Crippen molar-refractivity contribution in [3.05, 3.63) is 17.6 Å². The van der Waals surface area contributed by atoms with Gasteiger partial charge in [-0.15, -0.1) is 0 Å². The molecule has 0 spiro atoms. The highest BCUT2D eigenvalue weighted by atomic mass is 16.5. The first kappa shape index (κ1) is 14.9. The summed E-state index contributed by atoms with van der Waals surface area (Å²) in [4.78, 5) is 8.61. The lowest BCUT2D eigenvalue weighted by molar-refractivity contribution is 0.165. The molecule has 0 radical (unpaired) electrons. The fraction of sp³-hybridized carbons (Fsp3) is 0.692. The molecule has 1 rings (SSSR count). The third-order valence-corrected chi connectivity index (χ3v) is 2.58. The predicted octanol–water partition coefficient (Wildman–Crippen LogP) is 1.35. The van der Waals surface area contributed by atoms with Gasteiger partial charge in [-0.25, -0.2) is 4.98 Å². The minimum atomic E-state index is 0.272. The fourth-order valence-corrected chi connectivity index (χ4v) is 1.80. The molecule has 0 aromatic carbocycles. The molecule has 1 heterocycles. The molecule has 1 aromatic rings. The molecule has 18 heavy (non-hydrogen) atoms. The number of aromatic nitrogens is 2. The van der Waals surface area contributed by atoms with Crippen LogP contribution in [0.2, 0.25) is 0 Å². The Morgan fingerprint density at radius 2 is 2.11 bits per heavy atom. The molecular weight excluding hydrogens is 230 g/mol. The van der Waals surface area contributed by atoms with E-state index in [9.17, 15) is 0 Å². The molecule has 0 aliphatic heterocycles. The van der Waals surface area contributed by atoms with Gasteiger partial charge in [0.05, 0.1) is 13.7 Å². The maximum absolute atomic E-state index is 5.22. The largest absolute Gasteiger partial charge is 0.481 e. The maximum atomic E-state index is 5.22. The van der Waals surface area contributed by atoms with Crippen molar-refractivity contribution < 1.29 is 9.47 Å². The van der Waals surface area contributed by atoms with Crippen LogP contribution in [0, 0.1) is 6.92 Å². The second-order valence-corrected chi connectivity index (χ2v) is 4.26. The second kappa shape index (κ2) is 8.00. The third kappa shape index (κ3) is 4.98. The first-order valence-corrected chi connectivity index (χ1v) is 6.30. The number of nitrogens with zero attached hydrogens (tertiary/aromatic N) is 2. The smallest absolute Gasteiger partial charge is 0.216 e. The summed E-state index contributed by atoms with van der Waals surface area (Å²) >= 11 is 0. The van der Waals surface area contributed by atoms with E-state index in [0.717, 1.165) is 30.9 Å². The lowest BCUT2D eigenvalue weighted by Gasteiger charge is -2.17. The summed E-state index contributed by atoms with van der Waals surface area (Å²) in [7, 11) is 3.33. The quantitative estimate of drug-likeness (QED) is 0.758. The number of nitrogens with one attached hydrogen (secondary N) is 1. The second-order valence-electron chi connectivity index (χ2n) is 4.26. The summed E-state index contributed by atoms with van der Waals surface area (Å²) in [5.74, 6) is 1.35. The van der Waals surface area contributed by atoms with Crippen molar-refractivity contribution in [2.45, 2.75) is 32.7 Å². The van der Waals surface area contributed by atoms with Crippen LogP contribution in [0.15, 0.2) is 6.07 Å². The number of hydrogen-bond acceptors (Lipinski definition) is 5. The fourth-order valence-electron chi connectivity index (χ4n) is 1.80. The maximum Gasteiger partial charge on any atom is 0.216 e. The van der Waals surface area contributed by atoms with Crippen LogP contribution in [0.4, 0.5) is 0 Å².